The molecule has 35 heavy (non-hydrogen) atoms. The van der Waals surface area contributed by atoms with E-state index in [1.807, 2.05) is 0 Å². The molecular weight excluding hydrogens is 442 g/mol. The topological polar surface area (TPSA) is 106 Å². The Morgan fingerprint density at radius 3 is 2.37 bits per heavy atom. The van der Waals surface area contributed by atoms with Gasteiger partial charge in [0.05, 0.1) is 5.52 Å². The summed E-state index contributed by atoms with van der Waals surface area (Å²) in [5.74, 6) is -0.115. The average Bonchev–Trinajstić information content (AvgIpc) is 3.37. The van der Waals surface area contributed by atoms with Gasteiger partial charge in [0, 0.05) is 53.6 Å². The van der Waals surface area contributed by atoms with Crippen LogP contribution in [0, 0.1) is 0 Å². The van der Waals surface area contributed by atoms with Crippen molar-refractivity contribution in [3.05, 3.63) is 46.6 Å². The Labute approximate surface area is 205 Å². The number of unbranched alkanes of at least 4 members (excludes halogenated alkanes) is 1. The summed E-state index contributed by atoms with van der Waals surface area (Å²) in [6.45, 7) is 6.58. The van der Waals surface area contributed by atoms with E-state index in [1.165, 1.54) is 12.8 Å². The van der Waals surface area contributed by atoms with E-state index in [0.29, 0.717) is 52.6 Å². The lowest BCUT2D eigenvalue weighted by molar-refractivity contribution is -0.117. The van der Waals surface area contributed by atoms with Gasteiger partial charge < -0.3 is 25.8 Å². The lowest BCUT2D eigenvalue weighted by atomic mass is 10.1. The second-order valence-corrected chi connectivity index (χ2v) is 9.22. The first-order chi connectivity index (χ1) is 17.0. The summed E-state index contributed by atoms with van der Waals surface area (Å²) < 4.78 is 0. The third-order valence-corrected chi connectivity index (χ3v) is 6.45. The van der Waals surface area contributed by atoms with Crippen LogP contribution in [0.2, 0.25) is 0 Å². The smallest absolute Gasteiger partial charge is 0.225 e. The van der Waals surface area contributed by atoms with Crippen molar-refractivity contribution in [2.45, 2.75) is 45.4 Å². The number of pyridine rings is 1. The van der Waals surface area contributed by atoms with Crippen LogP contribution >= 0.6 is 0 Å². The van der Waals surface area contributed by atoms with Gasteiger partial charge in [-0.25, -0.2) is 0 Å². The van der Waals surface area contributed by atoms with Crippen molar-refractivity contribution in [2.75, 3.05) is 43.4 Å². The summed E-state index contributed by atoms with van der Waals surface area (Å²) in [5.41, 5.74) is 2.49. The van der Waals surface area contributed by atoms with Gasteiger partial charge in [0.25, 0.3) is 0 Å². The number of carbonyl (C=O) groups is 2. The van der Waals surface area contributed by atoms with Crippen molar-refractivity contribution >= 4 is 45.0 Å². The molecule has 3 aromatic rings. The Morgan fingerprint density at radius 1 is 0.886 bits per heavy atom. The SMILES string of the molecule is CCCCNCCC(=O)Nc1ccc2[nH]c3cc(NC(=O)CCN4CCCC4)ccc3c(=O)c2c1. The van der Waals surface area contributed by atoms with E-state index in [9.17, 15) is 14.4 Å². The molecule has 0 atom stereocenters. The molecule has 0 unspecified atom stereocenters. The predicted molar refractivity (Wildman–Crippen MR) is 142 cm³/mol. The number of fused-ring (bicyclic) bond motifs is 2. The summed E-state index contributed by atoms with van der Waals surface area (Å²) in [7, 11) is 0. The number of aromatic amines is 1. The van der Waals surface area contributed by atoms with Crippen molar-refractivity contribution in [1.29, 1.82) is 0 Å². The van der Waals surface area contributed by atoms with E-state index in [0.717, 1.165) is 39.0 Å². The molecule has 1 aromatic heterocycles. The molecule has 4 rings (SSSR count). The second kappa shape index (κ2) is 12.0. The fraction of sp³-hybridized carbons (Fsp3) is 0.444. The van der Waals surface area contributed by atoms with Gasteiger partial charge in [0.1, 0.15) is 0 Å². The van der Waals surface area contributed by atoms with Crippen molar-refractivity contribution in [1.82, 2.24) is 15.2 Å². The number of carbonyl (C=O) groups excluding carboxylic acids is 2. The van der Waals surface area contributed by atoms with Gasteiger partial charge in [0.15, 0.2) is 5.43 Å². The number of H-pyrrole nitrogens is 1. The Bertz CT molecular complexity index is 1250. The zero-order valence-electron chi connectivity index (χ0n) is 20.4. The molecule has 2 amide bonds. The van der Waals surface area contributed by atoms with E-state index >= 15 is 0 Å². The standard InChI is InChI=1S/C27H35N5O3/c1-2-3-12-28-13-10-25(33)29-19-7-9-23-22(17-19)27(35)21-8-6-20(18-24(21)31-23)30-26(34)11-16-32-14-4-5-15-32/h6-9,17-18,28H,2-5,10-16H2,1H3,(H,29,33)(H,30,34)(H,31,35). The van der Waals surface area contributed by atoms with E-state index in [1.54, 1.807) is 36.4 Å². The number of hydrogen-bond donors (Lipinski definition) is 4. The number of rotatable bonds is 11. The normalized spacial score (nSPS) is 14.0. The number of anilines is 2. The van der Waals surface area contributed by atoms with E-state index in [-0.39, 0.29) is 17.2 Å². The van der Waals surface area contributed by atoms with Crippen molar-refractivity contribution < 1.29 is 9.59 Å². The minimum Gasteiger partial charge on any atom is -0.354 e. The Hall–Kier alpha value is -3.23. The average molecular weight is 478 g/mol. The summed E-state index contributed by atoms with van der Waals surface area (Å²) in [5, 5.41) is 10.1. The highest BCUT2D eigenvalue weighted by Crippen LogP contribution is 2.21. The summed E-state index contributed by atoms with van der Waals surface area (Å²) >= 11 is 0. The maximum atomic E-state index is 13.1. The van der Waals surface area contributed by atoms with Gasteiger partial charge in [-0.2, -0.15) is 0 Å². The zero-order chi connectivity index (χ0) is 24.6. The van der Waals surface area contributed by atoms with Crippen molar-refractivity contribution in [3.8, 4) is 0 Å². The molecule has 1 fully saturated rings. The van der Waals surface area contributed by atoms with Gasteiger partial charge in [0.2, 0.25) is 11.8 Å². The number of amides is 2. The highest BCUT2D eigenvalue weighted by atomic mass is 16.2. The van der Waals surface area contributed by atoms with Crippen LogP contribution in [0.5, 0.6) is 0 Å². The molecule has 0 spiro atoms. The van der Waals surface area contributed by atoms with Gasteiger partial charge >= 0.3 is 0 Å². The first-order valence-electron chi connectivity index (χ1n) is 12.7. The lowest BCUT2D eigenvalue weighted by Gasteiger charge is -2.14. The third-order valence-electron chi connectivity index (χ3n) is 6.45. The van der Waals surface area contributed by atoms with Gasteiger partial charge in [-0.1, -0.05) is 13.3 Å². The molecule has 2 heterocycles. The number of likely N-dealkylation sites (tertiary alicyclic amines) is 1. The van der Waals surface area contributed by atoms with Crippen LogP contribution in [0.25, 0.3) is 21.8 Å². The van der Waals surface area contributed by atoms with Crippen LogP contribution < -0.4 is 21.4 Å². The fourth-order valence-corrected chi connectivity index (χ4v) is 4.47. The number of benzene rings is 2. The van der Waals surface area contributed by atoms with Crippen LogP contribution in [-0.4, -0.2) is 54.4 Å². The molecule has 1 saturated heterocycles. The zero-order valence-corrected chi connectivity index (χ0v) is 20.4. The summed E-state index contributed by atoms with van der Waals surface area (Å²) in [4.78, 5) is 43.4. The molecule has 0 radical (unpaired) electrons. The predicted octanol–water partition coefficient (Wildman–Crippen LogP) is 3.82. The maximum Gasteiger partial charge on any atom is 0.225 e. The minimum atomic E-state index is -0.113. The number of nitrogens with one attached hydrogen (secondary N) is 4. The molecule has 4 N–H and O–H groups in total. The molecule has 8 nitrogen and oxygen atoms in total. The molecule has 1 aliphatic rings. The second-order valence-electron chi connectivity index (χ2n) is 9.22. The van der Waals surface area contributed by atoms with Crippen LogP contribution in [0.1, 0.15) is 45.4 Å². The van der Waals surface area contributed by atoms with E-state index in [4.69, 9.17) is 0 Å². The molecule has 0 bridgehead atoms. The maximum absolute atomic E-state index is 13.1. The Balaban J connectivity index is 1.42. The molecule has 2 aromatic carbocycles. The number of hydrogen-bond acceptors (Lipinski definition) is 5. The summed E-state index contributed by atoms with van der Waals surface area (Å²) in [6.07, 6.45) is 5.46. The lowest BCUT2D eigenvalue weighted by Crippen LogP contribution is -2.25. The van der Waals surface area contributed by atoms with Gasteiger partial charge in [-0.3, -0.25) is 14.4 Å². The van der Waals surface area contributed by atoms with Crippen LogP contribution in [-0.2, 0) is 9.59 Å². The minimum absolute atomic E-state index is 0.0275. The Morgan fingerprint density at radius 2 is 1.60 bits per heavy atom. The van der Waals surface area contributed by atoms with Gasteiger partial charge in [-0.15, -0.1) is 0 Å². The molecule has 8 heteroatoms. The van der Waals surface area contributed by atoms with Crippen LogP contribution in [0.4, 0.5) is 11.4 Å². The van der Waals surface area contributed by atoms with Crippen LogP contribution in [0.3, 0.4) is 0 Å². The van der Waals surface area contributed by atoms with E-state index in [2.05, 4.69) is 32.8 Å². The third kappa shape index (κ3) is 6.68. The molecule has 1 aliphatic heterocycles. The van der Waals surface area contributed by atoms with Crippen molar-refractivity contribution in [2.24, 2.45) is 0 Å². The first kappa shape index (κ1) is 24.9. The number of aromatic nitrogens is 1. The highest BCUT2D eigenvalue weighted by Gasteiger charge is 2.14. The largest absolute Gasteiger partial charge is 0.354 e. The fourth-order valence-electron chi connectivity index (χ4n) is 4.47. The monoisotopic (exact) mass is 477 g/mol. The van der Waals surface area contributed by atoms with Gasteiger partial charge in [-0.05, 0) is 75.3 Å². The quantitative estimate of drug-likeness (QED) is 0.248. The van der Waals surface area contributed by atoms with E-state index < -0.39 is 0 Å². The molecule has 186 valence electrons. The highest BCUT2D eigenvalue weighted by molar-refractivity contribution is 5.99. The first-order valence-corrected chi connectivity index (χ1v) is 12.7. The molecular formula is C27H35N5O3. The van der Waals surface area contributed by atoms with Crippen molar-refractivity contribution in [3.63, 3.8) is 0 Å². The Kier molecular flexibility index (Phi) is 8.50. The summed E-state index contributed by atoms with van der Waals surface area (Å²) in [6, 6.07) is 10.6. The molecule has 0 aliphatic carbocycles. The number of nitrogens with zero attached hydrogens (tertiary/aromatic N) is 1. The molecule has 0 saturated carbocycles. The van der Waals surface area contributed by atoms with Crippen LogP contribution in [0.15, 0.2) is 41.2 Å².